The van der Waals surface area contributed by atoms with Crippen LogP contribution in [0.15, 0.2) is 54.2 Å². The van der Waals surface area contributed by atoms with E-state index in [1.54, 1.807) is 31.4 Å². The molecule has 1 heterocycles. The molecule has 1 aliphatic heterocycles. The second-order valence-electron chi connectivity index (χ2n) is 7.10. The molecule has 0 atom stereocenters. The highest BCUT2D eigenvalue weighted by Crippen LogP contribution is 2.32. The summed E-state index contributed by atoms with van der Waals surface area (Å²) in [6, 6.07) is 14.8. The summed E-state index contributed by atoms with van der Waals surface area (Å²) in [6.45, 7) is 6.28. The van der Waals surface area contributed by atoms with Gasteiger partial charge in [-0.1, -0.05) is 30.3 Å². The van der Waals surface area contributed by atoms with Gasteiger partial charge in [-0.05, 0) is 50.1 Å². The van der Waals surface area contributed by atoms with Crippen LogP contribution in [0.25, 0.3) is 5.57 Å². The summed E-state index contributed by atoms with van der Waals surface area (Å²) in [6.07, 6.45) is 0.0291. The monoisotopic (exact) mass is 394 g/mol. The van der Waals surface area contributed by atoms with Gasteiger partial charge in [-0.3, -0.25) is 14.5 Å². The third kappa shape index (κ3) is 4.49. The SMILES string of the molecule is COc1ccc(C2=C(Nc3ccccc3C)C(=O)N(CCOC(C)C)C2=O)cc1. The fraction of sp³-hybridized carbons (Fsp3) is 0.304. The predicted octanol–water partition coefficient (Wildman–Crippen LogP) is 3.62. The number of methoxy groups -OCH3 is 1. The summed E-state index contributed by atoms with van der Waals surface area (Å²) in [7, 11) is 1.58. The number of carbonyl (C=O) groups is 2. The number of hydrogen-bond acceptors (Lipinski definition) is 5. The molecule has 0 aliphatic carbocycles. The maximum Gasteiger partial charge on any atom is 0.278 e. The van der Waals surface area contributed by atoms with E-state index in [2.05, 4.69) is 5.32 Å². The van der Waals surface area contributed by atoms with Crippen molar-refractivity contribution in [3.63, 3.8) is 0 Å². The van der Waals surface area contributed by atoms with Gasteiger partial charge in [0.15, 0.2) is 0 Å². The number of nitrogens with zero attached hydrogens (tertiary/aromatic N) is 1. The van der Waals surface area contributed by atoms with Crippen molar-refractivity contribution in [1.82, 2.24) is 4.90 Å². The normalized spacial score (nSPS) is 14.2. The second-order valence-corrected chi connectivity index (χ2v) is 7.10. The molecule has 0 saturated carbocycles. The number of imide groups is 1. The lowest BCUT2D eigenvalue weighted by molar-refractivity contribution is -0.137. The van der Waals surface area contributed by atoms with Crippen molar-refractivity contribution in [2.75, 3.05) is 25.6 Å². The maximum absolute atomic E-state index is 13.2. The number of para-hydroxylation sites is 1. The first kappa shape index (κ1) is 20.6. The summed E-state index contributed by atoms with van der Waals surface area (Å²) in [5.41, 5.74) is 3.06. The molecule has 3 rings (SSSR count). The largest absolute Gasteiger partial charge is 0.497 e. The lowest BCUT2D eigenvalue weighted by atomic mass is 10.0. The van der Waals surface area contributed by atoms with Crippen LogP contribution in [0.2, 0.25) is 0 Å². The third-order valence-corrected chi connectivity index (χ3v) is 4.72. The highest BCUT2D eigenvalue weighted by Gasteiger charge is 2.39. The third-order valence-electron chi connectivity index (χ3n) is 4.72. The molecule has 1 aliphatic rings. The summed E-state index contributed by atoms with van der Waals surface area (Å²) >= 11 is 0. The van der Waals surface area contributed by atoms with Crippen LogP contribution in [-0.2, 0) is 14.3 Å². The predicted molar refractivity (Wildman–Crippen MR) is 113 cm³/mol. The van der Waals surface area contributed by atoms with E-state index >= 15 is 0 Å². The van der Waals surface area contributed by atoms with Crippen LogP contribution < -0.4 is 10.1 Å². The number of hydrogen-bond donors (Lipinski definition) is 1. The number of amides is 2. The van der Waals surface area contributed by atoms with Crippen LogP contribution in [-0.4, -0.2) is 43.1 Å². The molecule has 0 unspecified atom stereocenters. The summed E-state index contributed by atoms with van der Waals surface area (Å²) in [4.78, 5) is 27.5. The van der Waals surface area contributed by atoms with Gasteiger partial charge in [0.25, 0.3) is 11.8 Å². The number of aryl methyl sites for hydroxylation is 1. The van der Waals surface area contributed by atoms with Crippen LogP contribution >= 0.6 is 0 Å². The van der Waals surface area contributed by atoms with Gasteiger partial charge in [-0.2, -0.15) is 0 Å². The van der Waals surface area contributed by atoms with Crippen molar-refractivity contribution >= 4 is 23.1 Å². The summed E-state index contributed by atoms with van der Waals surface area (Å²) in [5, 5.41) is 3.19. The number of nitrogens with one attached hydrogen (secondary N) is 1. The fourth-order valence-corrected chi connectivity index (χ4v) is 3.15. The van der Waals surface area contributed by atoms with E-state index in [1.807, 2.05) is 45.0 Å². The molecule has 6 nitrogen and oxygen atoms in total. The summed E-state index contributed by atoms with van der Waals surface area (Å²) < 4.78 is 10.7. The molecule has 0 saturated heterocycles. The zero-order valence-electron chi connectivity index (χ0n) is 17.2. The minimum absolute atomic E-state index is 0.0291. The minimum Gasteiger partial charge on any atom is -0.497 e. The molecule has 29 heavy (non-hydrogen) atoms. The highest BCUT2D eigenvalue weighted by molar-refractivity contribution is 6.36. The van der Waals surface area contributed by atoms with E-state index in [1.165, 1.54) is 4.90 Å². The van der Waals surface area contributed by atoms with Gasteiger partial charge in [-0.15, -0.1) is 0 Å². The van der Waals surface area contributed by atoms with Gasteiger partial charge in [-0.25, -0.2) is 0 Å². The molecule has 2 amide bonds. The Labute approximate surface area is 171 Å². The Kier molecular flexibility index (Phi) is 6.34. The van der Waals surface area contributed by atoms with Crippen LogP contribution in [0.1, 0.15) is 25.0 Å². The Bertz CT molecular complexity index is 932. The van der Waals surface area contributed by atoms with Crippen molar-refractivity contribution in [2.45, 2.75) is 26.9 Å². The lowest BCUT2D eigenvalue weighted by Crippen LogP contribution is -2.35. The first-order valence-corrected chi connectivity index (χ1v) is 9.61. The van der Waals surface area contributed by atoms with E-state index < -0.39 is 0 Å². The number of anilines is 1. The molecule has 0 aromatic heterocycles. The topological polar surface area (TPSA) is 67.9 Å². The van der Waals surface area contributed by atoms with Crippen LogP contribution in [0, 0.1) is 6.92 Å². The van der Waals surface area contributed by atoms with Crippen molar-refractivity contribution in [3.8, 4) is 5.75 Å². The second kappa shape index (κ2) is 8.92. The minimum atomic E-state index is -0.351. The van der Waals surface area contributed by atoms with E-state index in [9.17, 15) is 9.59 Å². The molecule has 6 heteroatoms. The molecule has 2 aromatic carbocycles. The zero-order valence-corrected chi connectivity index (χ0v) is 17.2. The number of ether oxygens (including phenoxy) is 2. The molecule has 0 spiro atoms. The van der Waals surface area contributed by atoms with Gasteiger partial charge >= 0.3 is 0 Å². The van der Waals surface area contributed by atoms with E-state index in [0.29, 0.717) is 23.5 Å². The Morgan fingerprint density at radius 2 is 1.69 bits per heavy atom. The van der Waals surface area contributed by atoms with E-state index in [4.69, 9.17) is 9.47 Å². The quantitative estimate of drug-likeness (QED) is 0.693. The highest BCUT2D eigenvalue weighted by atomic mass is 16.5. The summed E-state index contributed by atoms with van der Waals surface area (Å²) in [5.74, 6) is 0.00163. The average Bonchev–Trinajstić information content (AvgIpc) is 2.94. The Morgan fingerprint density at radius 1 is 1.00 bits per heavy atom. The van der Waals surface area contributed by atoms with Crippen molar-refractivity contribution in [1.29, 1.82) is 0 Å². The Hall–Kier alpha value is -3.12. The molecule has 152 valence electrons. The van der Waals surface area contributed by atoms with Crippen LogP contribution in [0.5, 0.6) is 5.75 Å². The first-order valence-electron chi connectivity index (χ1n) is 9.61. The zero-order chi connectivity index (χ0) is 21.0. The lowest BCUT2D eigenvalue weighted by Gasteiger charge is -2.16. The Morgan fingerprint density at radius 3 is 2.31 bits per heavy atom. The van der Waals surface area contributed by atoms with Crippen LogP contribution in [0.3, 0.4) is 0 Å². The molecule has 0 bridgehead atoms. The van der Waals surface area contributed by atoms with Crippen molar-refractivity contribution in [3.05, 3.63) is 65.4 Å². The van der Waals surface area contributed by atoms with Crippen molar-refractivity contribution < 1.29 is 19.1 Å². The number of benzene rings is 2. The van der Waals surface area contributed by atoms with Gasteiger partial charge in [0, 0.05) is 5.69 Å². The number of carbonyl (C=O) groups excluding carboxylic acids is 2. The molecular weight excluding hydrogens is 368 g/mol. The van der Waals surface area contributed by atoms with Gasteiger partial charge in [0.05, 0.1) is 31.9 Å². The van der Waals surface area contributed by atoms with E-state index in [-0.39, 0.29) is 30.2 Å². The number of rotatable bonds is 8. The van der Waals surface area contributed by atoms with Crippen molar-refractivity contribution in [2.24, 2.45) is 0 Å². The fourth-order valence-electron chi connectivity index (χ4n) is 3.15. The molecule has 1 N–H and O–H groups in total. The van der Waals surface area contributed by atoms with E-state index in [0.717, 1.165) is 11.3 Å². The average molecular weight is 394 g/mol. The standard InChI is InChI=1S/C23H26N2O4/c1-15(2)29-14-13-25-22(26)20(17-9-11-18(28-4)12-10-17)21(23(25)27)24-19-8-6-5-7-16(19)3/h5-12,15,24H,13-14H2,1-4H3. The Balaban J connectivity index is 1.97. The molecular formula is C23H26N2O4. The smallest absolute Gasteiger partial charge is 0.278 e. The van der Waals surface area contributed by atoms with Gasteiger partial charge in [0.2, 0.25) is 0 Å². The molecule has 0 radical (unpaired) electrons. The van der Waals surface area contributed by atoms with Gasteiger partial charge in [0.1, 0.15) is 11.4 Å². The molecule has 2 aromatic rings. The first-order chi connectivity index (χ1) is 13.9. The maximum atomic E-state index is 13.2. The van der Waals surface area contributed by atoms with Crippen LogP contribution in [0.4, 0.5) is 5.69 Å². The van der Waals surface area contributed by atoms with Gasteiger partial charge < -0.3 is 14.8 Å². The molecule has 0 fully saturated rings.